The number of carbonyl (C=O) groups is 3. The quantitative estimate of drug-likeness (QED) is 0.574. The fourth-order valence-electron chi connectivity index (χ4n) is 3.89. The van der Waals surface area contributed by atoms with E-state index in [0.717, 1.165) is 24.1 Å². The van der Waals surface area contributed by atoms with Crippen LogP contribution in [0, 0.1) is 5.92 Å². The van der Waals surface area contributed by atoms with Crippen LogP contribution >= 0.6 is 0 Å². The molecule has 0 unspecified atom stereocenters. The minimum Gasteiger partial charge on any atom is -0.444 e. The molecular weight excluding hydrogens is 434 g/mol. The number of amides is 3. The van der Waals surface area contributed by atoms with E-state index in [-0.39, 0.29) is 11.9 Å². The Morgan fingerprint density at radius 3 is 2.47 bits per heavy atom. The molecule has 1 aliphatic rings. The van der Waals surface area contributed by atoms with Crippen molar-refractivity contribution in [3.8, 4) is 0 Å². The van der Waals surface area contributed by atoms with E-state index in [4.69, 9.17) is 4.74 Å². The first-order valence-electron chi connectivity index (χ1n) is 11.4. The maximum absolute atomic E-state index is 13.1. The molecule has 2 atom stereocenters. The van der Waals surface area contributed by atoms with Gasteiger partial charge in [0.1, 0.15) is 11.4 Å². The lowest BCUT2D eigenvalue weighted by molar-refractivity contribution is -0.146. The largest absolute Gasteiger partial charge is 0.444 e. The zero-order valence-corrected chi connectivity index (χ0v) is 20.3. The van der Waals surface area contributed by atoms with E-state index >= 15 is 0 Å². The number of aromatic nitrogens is 1. The molecule has 0 spiro atoms. The number of rotatable bonds is 4. The van der Waals surface area contributed by atoms with E-state index in [1.54, 1.807) is 31.7 Å². The van der Waals surface area contributed by atoms with Crippen molar-refractivity contribution in [3.05, 3.63) is 48.2 Å². The van der Waals surface area contributed by atoms with Crippen molar-refractivity contribution in [1.29, 1.82) is 0 Å². The molecule has 1 aromatic carbocycles. The highest BCUT2D eigenvalue weighted by atomic mass is 16.6. The van der Waals surface area contributed by atoms with Crippen LogP contribution in [0.1, 0.15) is 52.1 Å². The van der Waals surface area contributed by atoms with Crippen molar-refractivity contribution in [2.75, 3.05) is 29.5 Å². The molecule has 2 heterocycles. The van der Waals surface area contributed by atoms with Gasteiger partial charge in [-0.15, -0.1) is 0 Å². The summed E-state index contributed by atoms with van der Waals surface area (Å²) in [5, 5.41) is 8.26. The molecule has 182 valence electrons. The standard InChI is InChI=1S/C25H33N5O4/c1-16-9-11-20(17-7-6-8-18(13-17)26-5)30(15-16)23(32)22(31)28-19-10-12-21(27-14-19)29-24(33)34-25(2,3)4/h6-8,10,12-14,16,20,26H,9,11,15H2,1-5H3,(H,28,31)(H,27,29,33)/t16-,20+/m0/s1. The lowest BCUT2D eigenvalue weighted by Gasteiger charge is -2.38. The van der Waals surface area contributed by atoms with Crippen molar-refractivity contribution in [2.24, 2.45) is 5.92 Å². The summed E-state index contributed by atoms with van der Waals surface area (Å²) in [7, 11) is 1.85. The van der Waals surface area contributed by atoms with Crippen LogP contribution in [0.5, 0.6) is 0 Å². The van der Waals surface area contributed by atoms with Gasteiger partial charge in [-0.1, -0.05) is 19.1 Å². The smallest absolute Gasteiger partial charge is 0.413 e. The van der Waals surface area contributed by atoms with Crippen molar-refractivity contribution in [2.45, 2.75) is 52.2 Å². The summed E-state index contributed by atoms with van der Waals surface area (Å²) in [4.78, 5) is 43.6. The summed E-state index contributed by atoms with van der Waals surface area (Å²) in [5.74, 6) is -0.728. The lowest BCUT2D eigenvalue weighted by Crippen LogP contribution is -2.46. The van der Waals surface area contributed by atoms with Gasteiger partial charge in [0, 0.05) is 19.3 Å². The second kappa shape index (κ2) is 10.5. The Kier molecular flexibility index (Phi) is 7.75. The Morgan fingerprint density at radius 2 is 1.82 bits per heavy atom. The molecule has 1 aromatic heterocycles. The van der Waals surface area contributed by atoms with E-state index in [1.165, 1.54) is 12.3 Å². The highest BCUT2D eigenvalue weighted by Crippen LogP contribution is 2.34. The van der Waals surface area contributed by atoms with Gasteiger partial charge in [0.15, 0.2) is 0 Å². The summed E-state index contributed by atoms with van der Waals surface area (Å²) < 4.78 is 5.19. The first-order valence-corrected chi connectivity index (χ1v) is 11.4. The number of ether oxygens (including phenoxy) is 1. The highest BCUT2D eigenvalue weighted by molar-refractivity contribution is 6.39. The molecule has 1 saturated heterocycles. The van der Waals surface area contributed by atoms with Gasteiger partial charge in [-0.2, -0.15) is 0 Å². The molecule has 1 fully saturated rings. The predicted molar refractivity (Wildman–Crippen MR) is 132 cm³/mol. The van der Waals surface area contributed by atoms with Crippen LogP contribution in [0.3, 0.4) is 0 Å². The molecule has 0 saturated carbocycles. The number of piperidine rings is 1. The fourth-order valence-corrected chi connectivity index (χ4v) is 3.89. The summed E-state index contributed by atoms with van der Waals surface area (Å²) in [5.41, 5.74) is 1.68. The molecule has 2 aromatic rings. The lowest BCUT2D eigenvalue weighted by atomic mass is 9.89. The molecule has 3 N–H and O–H groups in total. The summed E-state index contributed by atoms with van der Waals surface area (Å²) in [6.45, 7) is 7.89. The molecule has 0 radical (unpaired) electrons. The number of hydrogen-bond acceptors (Lipinski definition) is 6. The highest BCUT2D eigenvalue weighted by Gasteiger charge is 2.34. The molecule has 3 rings (SSSR count). The van der Waals surface area contributed by atoms with Crippen LogP contribution in [0.4, 0.5) is 22.0 Å². The summed E-state index contributed by atoms with van der Waals surface area (Å²) in [6, 6.07) is 10.8. The number of benzene rings is 1. The third kappa shape index (κ3) is 6.69. The van der Waals surface area contributed by atoms with Gasteiger partial charge in [-0.05, 0) is 69.4 Å². The van der Waals surface area contributed by atoms with Crippen molar-refractivity contribution >= 4 is 35.1 Å². The second-order valence-corrected chi connectivity index (χ2v) is 9.54. The summed E-state index contributed by atoms with van der Waals surface area (Å²) in [6.07, 6.45) is 2.53. The van der Waals surface area contributed by atoms with Crippen LogP contribution in [-0.2, 0) is 14.3 Å². The van der Waals surface area contributed by atoms with Gasteiger partial charge >= 0.3 is 17.9 Å². The number of carbonyl (C=O) groups excluding carboxylic acids is 3. The van der Waals surface area contributed by atoms with Gasteiger partial charge in [0.25, 0.3) is 0 Å². The SMILES string of the molecule is CNc1cccc([C@H]2CC[C@H](C)CN2C(=O)C(=O)Nc2ccc(NC(=O)OC(C)(C)C)nc2)c1. The van der Waals surface area contributed by atoms with Crippen molar-refractivity contribution in [3.63, 3.8) is 0 Å². The Morgan fingerprint density at radius 1 is 1.06 bits per heavy atom. The fraction of sp³-hybridized carbons (Fsp3) is 0.440. The molecule has 0 bridgehead atoms. The van der Waals surface area contributed by atoms with Gasteiger partial charge in [0.05, 0.1) is 17.9 Å². The average molecular weight is 468 g/mol. The van der Waals surface area contributed by atoms with Crippen LogP contribution in [0.2, 0.25) is 0 Å². The average Bonchev–Trinajstić information content (AvgIpc) is 2.78. The third-order valence-corrected chi connectivity index (χ3v) is 5.48. The zero-order chi connectivity index (χ0) is 24.9. The number of hydrogen-bond donors (Lipinski definition) is 3. The Hall–Kier alpha value is -3.62. The van der Waals surface area contributed by atoms with Crippen LogP contribution < -0.4 is 16.0 Å². The van der Waals surface area contributed by atoms with Gasteiger partial charge in [0.2, 0.25) is 0 Å². The number of pyridine rings is 1. The zero-order valence-electron chi connectivity index (χ0n) is 20.3. The van der Waals surface area contributed by atoms with Crippen LogP contribution in [-0.4, -0.2) is 47.0 Å². The maximum atomic E-state index is 13.1. The Labute approximate surface area is 200 Å². The van der Waals surface area contributed by atoms with Crippen molar-refractivity contribution < 1.29 is 19.1 Å². The topological polar surface area (TPSA) is 113 Å². The number of anilines is 3. The predicted octanol–water partition coefficient (Wildman–Crippen LogP) is 4.41. The maximum Gasteiger partial charge on any atom is 0.413 e. The molecule has 3 amide bonds. The van der Waals surface area contributed by atoms with Gasteiger partial charge < -0.3 is 20.3 Å². The van der Waals surface area contributed by atoms with Crippen molar-refractivity contribution in [1.82, 2.24) is 9.88 Å². The second-order valence-electron chi connectivity index (χ2n) is 9.54. The monoisotopic (exact) mass is 467 g/mol. The molecular formula is C25H33N5O4. The normalized spacial score (nSPS) is 18.1. The van der Waals surface area contributed by atoms with Crippen LogP contribution in [0.15, 0.2) is 42.6 Å². The number of nitrogens with zero attached hydrogens (tertiary/aromatic N) is 2. The van der Waals surface area contributed by atoms with E-state index in [9.17, 15) is 14.4 Å². The molecule has 0 aliphatic carbocycles. The van der Waals surface area contributed by atoms with Crippen LogP contribution in [0.25, 0.3) is 0 Å². The Bertz CT molecular complexity index is 1030. The van der Waals surface area contributed by atoms with Gasteiger partial charge in [-0.25, -0.2) is 9.78 Å². The minimum atomic E-state index is -0.724. The van der Waals surface area contributed by atoms with Gasteiger partial charge in [-0.3, -0.25) is 14.9 Å². The minimum absolute atomic E-state index is 0.165. The third-order valence-electron chi connectivity index (χ3n) is 5.48. The molecule has 9 nitrogen and oxygen atoms in total. The van der Waals surface area contributed by atoms with E-state index in [0.29, 0.717) is 18.2 Å². The van der Waals surface area contributed by atoms with E-state index < -0.39 is 23.5 Å². The number of nitrogens with one attached hydrogen (secondary N) is 3. The molecule has 34 heavy (non-hydrogen) atoms. The van der Waals surface area contributed by atoms with E-state index in [1.807, 2.05) is 31.3 Å². The molecule has 9 heteroatoms. The first-order chi connectivity index (χ1) is 16.1. The van der Waals surface area contributed by atoms with E-state index in [2.05, 4.69) is 27.9 Å². The molecule has 1 aliphatic heterocycles. The summed E-state index contributed by atoms with van der Waals surface area (Å²) >= 11 is 0. The number of likely N-dealkylation sites (tertiary alicyclic amines) is 1. The first kappa shape index (κ1) is 25.0. The Balaban J connectivity index is 1.67.